The van der Waals surface area contributed by atoms with Crippen molar-refractivity contribution >= 4 is 12.0 Å². The molecule has 1 aliphatic rings. The maximum absolute atomic E-state index is 11.5. The van der Waals surface area contributed by atoms with Gasteiger partial charge in [0.05, 0.1) is 5.92 Å². The zero-order valence-electron chi connectivity index (χ0n) is 11.9. The van der Waals surface area contributed by atoms with Gasteiger partial charge >= 0.3 is 12.0 Å². The summed E-state index contributed by atoms with van der Waals surface area (Å²) in [5.74, 6) is -0.00382. The number of urea groups is 1. The highest BCUT2D eigenvalue weighted by Gasteiger charge is 2.20. The maximum atomic E-state index is 11.5. The maximum Gasteiger partial charge on any atom is 0.314 e. The van der Waals surface area contributed by atoms with Gasteiger partial charge in [-0.1, -0.05) is 33.1 Å². The first kappa shape index (κ1) is 15.8. The second-order valence-corrected chi connectivity index (χ2v) is 5.63. The van der Waals surface area contributed by atoms with E-state index in [0.29, 0.717) is 12.5 Å². The van der Waals surface area contributed by atoms with Crippen molar-refractivity contribution in [3.63, 3.8) is 0 Å². The lowest BCUT2D eigenvalue weighted by molar-refractivity contribution is -0.140. The number of hydrogen-bond acceptors (Lipinski definition) is 2. The number of carboxylic acid groups (broad SMARTS) is 1. The minimum absolute atomic E-state index is 0.170. The molecule has 0 aromatic carbocycles. The topological polar surface area (TPSA) is 78.4 Å². The number of carbonyl (C=O) groups excluding carboxylic acids is 1. The highest BCUT2D eigenvalue weighted by atomic mass is 16.4. The molecule has 0 spiro atoms. The number of aliphatic carboxylic acids is 1. The lowest BCUT2D eigenvalue weighted by Gasteiger charge is -2.27. The quantitative estimate of drug-likeness (QED) is 0.692. The summed E-state index contributed by atoms with van der Waals surface area (Å²) >= 11 is 0. The van der Waals surface area contributed by atoms with Crippen LogP contribution in [-0.2, 0) is 4.79 Å². The van der Waals surface area contributed by atoms with Crippen LogP contribution in [0.4, 0.5) is 4.79 Å². The molecule has 110 valence electrons. The molecule has 1 unspecified atom stereocenters. The number of carbonyl (C=O) groups is 2. The average Bonchev–Trinajstić information content (AvgIpc) is 2.42. The highest BCUT2D eigenvalue weighted by Crippen LogP contribution is 2.29. The van der Waals surface area contributed by atoms with Crippen molar-refractivity contribution in [2.45, 2.75) is 46.0 Å². The van der Waals surface area contributed by atoms with Crippen molar-refractivity contribution in [2.75, 3.05) is 13.1 Å². The molecule has 19 heavy (non-hydrogen) atoms. The van der Waals surface area contributed by atoms with Crippen molar-refractivity contribution in [2.24, 2.45) is 17.8 Å². The average molecular weight is 270 g/mol. The molecule has 0 aromatic rings. The Kier molecular flexibility index (Phi) is 6.67. The molecule has 0 radical (unpaired) electrons. The van der Waals surface area contributed by atoms with E-state index in [-0.39, 0.29) is 12.6 Å². The predicted octanol–water partition coefficient (Wildman–Crippen LogP) is 2.22. The summed E-state index contributed by atoms with van der Waals surface area (Å²) in [6.45, 7) is 4.68. The lowest BCUT2D eigenvalue weighted by atomic mass is 9.81. The van der Waals surface area contributed by atoms with Crippen molar-refractivity contribution in [3.8, 4) is 0 Å². The number of nitrogens with one attached hydrogen (secondary N) is 2. The van der Waals surface area contributed by atoms with Crippen LogP contribution in [0.1, 0.15) is 46.0 Å². The highest BCUT2D eigenvalue weighted by molar-refractivity contribution is 5.75. The molecular weight excluding hydrogens is 244 g/mol. The smallest absolute Gasteiger partial charge is 0.314 e. The fourth-order valence-electron chi connectivity index (χ4n) is 2.48. The molecular formula is C14H26N2O3. The van der Waals surface area contributed by atoms with Crippen LogP contribution in [0.5, 0.6) is 0 Å². The summed E-state index contributed by atoms with van der Waals surface area (Å²) in [7, 11) is 0. The summed E-state index contributed by atoms with van der Waals surface area (Å²) in [6, 6.07) is -0.259. The zero-order chi connectivity index (χ0) is 14.3. The number of carboxylic acids is 1. The molecule has 0 aliphatic heterocycles. The Morgan fingerprint density at radius 1 is 1.16 bits per heavy atom. The van der Waals surface area contributed by atoms with Gasteiger partial charge in [-0.05, 0) is 24.7 Å². The van der Waals surface area contributed by atoms with E-state index in [9.17, 15) is 9.59 Å². The van der Waals surface area contributed by atoms with E-state index < -0.39 is 11.9 Å². The predicted molar refractivity (Wildman–Crippen MR) is 73.9 cm³/mol. The molecule has 0 heterocycles. The second kappa shape index (κ2) is 8.02. The van der Waals surface area contributed by atoms with E-state index in [1.165, 1.54) is 32.1 Å². The SMILES string of the molecule is CCC1CCC(CNC(=O)NCC(C)C(=O)O)CC1. The van der Waals surface area contributed by atoms with Gasteiger partial charge in [0.25, 0.3) is 0 Å². The summed E-state index contributed by atoms with van der Waals surface area (Å²) in [6.07, 6.45) is 6.16. The van der Waals surface area contributed by atoms with Gasteiger partial charge in [0, 0.05) is 13.1 Å². The molecule has 3 N–H and O–H groups in total. The Labute approximate surface area is 115 Å². The van der Waals surface area contributed by atoms with Crippen LogP contribution in [0.15, 0.2) is 0 Å². The van der Waals surface area contributed by atoms with Crippen molar-refractivity contribution < 1.29 is 14.7 Å². The molecule has 1 saturated carbocycles. The van der Waals surface area contributed by atoms with E-state index in [1.54, 1.807) is 6.92 Å². The van der Waals surface area contributed by atoms with Crippen LogP contribution < -0.4 is 10.6 Å². The van der Waals surface area contributed by atoms with Gasteiger partial charge in [-0.3, -0.25) is 4.79 Å². The van der Waals surface area contributed by atoms with Crippen LogP contribution in [-0.4, -0.2) is 30.2 Å². The van der Waals surface area contributed by atoms with Crippen molar-refractivity contribution in [1.29, 1.82) is 0 Å². The third-order valence-electron chi connectivity index (χ3n) is 4.09. The molecule has 5 nitrogen and oxygen atoms in total. The Morgan fingerprint density at radius 3 is 2.26 bits per heavy atom. The minimum Gasteiger partial charge on any atom is -0.481 e. The van der Waals surface area contributed by atoms with Crippen molar-refractivity contribution in [3.05, 3.63) is 0 Å². The molecule has 5 heteroatoms. The van der Waals surface area contributed by atoms with Gasteiger partial charge in [-0.25, -0.2) is 4.79 Å². The fourth-order valence-corrected chi connectivity index (χ4v) is 2.48. The van der Waals surface area contributed by atoms with E-state index in [2.05, 4.69) is 17.6 Å². The first-order valence-corrected chi connectivity index (χ1v) is 7.27. The van der Waals surface area contributed by atoms with E-state index in [4.69, 9.17) is 5.11 Å². The Balaban J connectivity index is 2.12. The summed E-state index contributed by atoms with van der Waals surface area (Å²) in [5, 5.41) is 14.1. The van der Waals surface area contributed by atoms with Crippen LogP contribution in [0.25, 0.3) is 0 Å². The molecule has 1 rings (SSSR count). The zero-order valence-corrected chi connectivity index (χ0v) is 11.9. The summed E-state index contributed by atoms with van der Waals surface area (Å²) in [4.78, 5) is 22.1. The number of hydrogen-bond donors (Lipinski definition) is 3. The molecule has 1 atom stereocenters. The normalized spacial score (nSPS) is 24.5. The first-order valence-electron chi connectivity index (χ1n) is 7.27. The third kappa shape index (κ3) is 5.94. The standard InChI is InChI=1S/C14H26N2O3/c1-3-11-4-6-12(7-5-11)9-16-14(19)15-8-10(2)13(17)18/h10-12H,3-9H2,1-2H3,(H,17,18)(H2,15,16,19). The molecule has 2 amide bonds. The van der Waals surface area contributed by atoms with Gasteiger partial charge in [0.2, 0.25) is 0 Å². The molecule has 0 bridgehead atoms. The van der Waals surface area contributed by atoms with Crippen LogP contribution in [0.2, 0.25) is 0 Å². The Hall–Kier alpha value is -1.26. The van der Waals surface area contributed by atoms with E-state index >= 15 is 0 Å². The van der Waals surface area contributed by atoms with Crippen LogP contribution in [0.3, 0.4) is 0 Å². The van der Waals surface area contributed by atoms with E-state index in [1.807, 2.05) is 0 Å². The van der Waals surface area contributed by atoms with Crippen molar-refractivity contribution in [1.82, 2.24) is 10.6 Å². The summed E-state index contributed by atoms with van der Waals surface area (Å²) in [5.41, 5.74) is 0. The van der Waals surface area contributed by atoms with Gasteiger partial charge in [-0.15, -0.1) is 0 Å². The van der Waals surface area contributed by atoms with Crippen LogP contribution in [0, 0.1) is 17.8 Å². The second-order valence-electron chi connectivity index (χ2n) is 5.63. The van der Waals surface area contributed by atoms with E-state index in [0.717, 1.165) is 5.92 Å². The number of rotatable bonds is 6. The molecule has 0 aromatic heterocycles. The van der Waals surface area contributed by atoms with Gasteiger partial charge in [-0.2, -0.15) is 0 Å². The monoisotopic (exact) mass is 270 g/mol. The van der Waals surface area contributed by atoms with Crippen LogP contribution >= 0.6 is 0 Å². The molecule has 1 aliphatic carbocycles. The Morgan fingerprint density at radius 2 is 1.74 bits per heavy atom. The molecule has 1 fully saturated rings. The first-order chi connectivity index (χ1) is 9.02. The largest absolute Gasteiger partial charge is 0.481 e. The lowest BCUT2D eigenvalue weighted by Crippen LogP contribution is -2.41. The Bertz CT molecular complexity index is 299. The van der Waals surface area contributed by atoms with Gasteiger partial charge in [0.1, 0.15) is 0 Å². The number of amides is 2. The van der Waals surface area contributed by atoms with Gasteiger partial charge < -0.3 is 15.7 Å². The fraction of sp³-hybridized carbons (Fsp3) is 0.857. The third-order valence-corrected chi connectivity index (χ3v) is 4.09. The molecule has 0 saturated heterocycles. The minimum atomic E-state index is -0.891. The summed E-state index contributed by atoms with van der Waals surface area (Å²) < 4.78 is 0. The van der Waals surface area contributed by atoms with Gasteiger partial charge in [0.15, 0.2) is 0 Å².